The number of thiophene rings is 1. The maximum absolute atomic E-state index is 12.9. The molecule has 3 heterocycles. The van der Waals surface area contributed by atoms with Crippen molar-refractivity contribution in [2.75, 3.05) is 20.2 Å². The van der Waals surface area contributed by atoms with E-state index in [-0.39, 0.29) is 5.91 Å². The fourth-order valence-electron chi connectivity index (χ4n) is 4.82. The van der Waals surface area contributed by atoms with Crippen molar-refractivity contribution in [1.29, 1.82) is 0 Å². The Morgan fingerprint density at radius 3 is 3.12 bits per heavy atom. The first-order valence-electron chi connectivity index (χ1n) is 8.77. The Morgan fingerprint density at radius 1 is 1.46 bits per heavy atom. The van der Waals surface area contributed by atoms with Gasteiger partial charge in [0.2, 0.25) is 0 Å². The summed E-state index contributed by atoms with van der Waals surface area (Å²) < 4.78 is 6.45. The lowest BCUT2D eigenvalue weighted by Gasteiger charge is -2.33. The Kier molecular flexibility index (Phi) is 3.27. The number of carbonyl (C=O) groups excluding carboxylic acids is 1. The zero-order chi connectivity index (χ0) is 16.3. The Bertz CT molecular complexity index is 811. The van der Waals surface area contributed by atoms with Crippen LogP contribution in [0.4, 0.5) is 0 Å². The molecule has 5 rings (SSSR count). The van der Waals surface area contributed by atoms with E-state index in [1.165, 1.54) is 37.1 Å². The van der Waals surface area contributed by atoms with Gasteiger partial charge in [-0.05, 0) is 48.7 Å². The molecule has 0 radical (unpaired) electrons. The van der Waals surface area contributed by atoms with Crippen molar-refractivity contribution in [3.05, 3.63) is 34.7 Å². The molecule has 2 bridgehead atoms. The summed E-state index contributed by atoms with van der Waals surface area (Å²) in [5.74, 6) is 0.750. The average molecular weight is 342 g/mol. The highest BCUT2D eigenvalue weighted by Crippen LogP contribution is 2.55. The van der Waals surface area contributed by atoms with Crippen molar-refractivity contribution in [3.8, 4) is 0 Å². The number of nitrogens with one attached hydrogen (secondary N) is 1. The lowest BCUT2D eigenvalue weighted by molar-refractivity contribution is 0.0896. The van der Waals surface area contributed by atoms with Crippen molar-refractivity contribution >= 4 is 27.3 Å². The van der Waals surface area contributed by atoms with E-state index in [1.807, 2.05) is 12.1 Å². The summed E-state index contributed by atoms with van der Waals surface area (Å²) in [5, 5.41) is 4.53. The summed E-state index contributed by atoms with van der Waals surface area (Å²) in [4.78, 5) is 16.3. The molecule has 3 aliphatic rings. The molecule has 1 aromatic heterocycles. The predicted octanol–water partition coefficient (Wildman–Crippen LogP) is 3.01. The third-order valence-corrected chi connectivity index (χ3v) is 7.33. The molecule has 24 heavy (non-hydrogen) atoms. The van der Waals surface area contributed by atoms with Crippen molar-refractivity contribution in [2.24, 2.45) is 5.92 Å². The Hall–Kier alpha value is -1.43. The summed E-state index contributed by atoms with van der Waals surface area (Å²) in [6.45, 7) is 2.98. The number of benzene rings is 1. The number of hydrogen-bond donors (Lipinski definition) is 1. The molecule has 4 nitrogen and oxygen atoms in total. The van der Waals surface area contributed by atoms with Crippen LogP contribution in [-0.2, 0) is 11.3 Å². The Balaban J connectivity index is 1.41. The number of rotatable bonds is 4. The van der Waals surface area contributed by atoms with E-state index in [4.69, 9.17) is 4.74 Å². The number of piperidine rings is 1. The van der Waals surface area contributed by atoms with Crippen molar-refractivity contribution < 1.29 is 9.53 Å². The van der Waals surface area contributed by atoms with Crippen molar-refractivity contribution in [1.82, 2.24) is 10.2 Å². The third-order valence-electron chi connectivity index (χ3n) is 6.10. The van der Waals surface area contributed by atoms with Gasteiger partial charge in [-0.1, -0.05) is 18.2 Å². The highest BCUT2D eigenvalue weighted by Gasteiger charge is 2.63. The minimum absolute atomic E-state index is 0.101. The van der Waals surface area contributed by atoms with Gasteiger partial charge < -0.3 is 10.1 Å². The Morgan fingerprint density at radius 2 is 2.33 bits per heavy atom. The molecule has 1 N–H and O–H groups in total. The van der Waals surface area contributed by atoms with Crippen LogP contribution in [-0.4, -0.2) is 42.6 Å². The summed E-state index contributed by atoms with van der Waals surface area (Å²) in [5.41, 5.74) is 1.46. The fraction of sp³-hybridized carbons (Fsp3) is 0.526. The molecule has 2 aromatic rings. The van der Waals surface area contributed by atoms with Gasteiger partial charge in [0.1, 0.15) is 0 Å². The van der Waals surface area contributed by atoms with Gasteiger partial charge in [0, 0.05) is 23.9 Å². The number of nitrogens with zero attached hydrogens (tertiary/aromatic N) is 1. The molecule has 2 aliphatic heterocycles. The quantitative estimate of drug-likeness (QED) is 0.929. The van der Waals surface area contributed by atoms with E-state index in [2.05, 4.69) is 22.3 Å². The number of fused-ring (bicyclic) bond motifs is 4. The number of methoxy groups -OCH3 is 1. The minimum atomic E-state index is 0.101. The van der Waals surface area contributed by atoms with Gasteiger partial charge in [-0.25, -0.2) is 0 Å². The standard InChI is InChI=1S/C19H22N2O2S/c1-23-11-14-4-2-3-12-9-15(24-16(12)14)18(22)20-17-13-5-8-21(10-13)19(17)6-7-19/h2-4,9,13,17H,5-8,10-11H2,1H3,(H,20,22)/t13?,17-/m1/s1. The zero-order valence-electron chi connectivity index (χ0n) is 13.9. The largest absolute Gasteiger partial charge is 0.380 e. The molecule has 3 fully saturated rings. The lowest BCUT2D eigenvalue weighted by Crippen LogP contribution is -2.51. The first kappa shape index (κ1) is 14.9. The molecule has 2 saturated heterocycles. The van der Waals surface area contributed by atoms with Gasteiger partial charge in [0.15, 0.2) is 0 Å². The summed E-state index contributed by atoms with van der Waals surface area (Å²) in [6, 6.07) is 8.57. The van der Waals surface area contributed by atoms with Gasteiger partial charge >= 0.3 is 0 Å². The highest BCUT2D eigenvalue weighted by atomic mass is 32.1. The maximum atomic E-state index is 12.9. The number of ether oxygens (including phenoxy) is 1. The minimum Gasteiger partial charge on any atom is -0.380 e. The molecule has 2 unspecified atom stereocenters. The van der Waals surface area contributed by atoms with E-state index in [1.54, 1.807) is 18.4 Å². The lowest BCUT2D eigenvalue weighted by atomic mass is 9.92. The third kappa shape index (κ3) is 2.08. The summed E-state index contributed by atoms with van der Waals surface area (Å²) in [7, 11) is 1.71. The van der Waals surface area contributed by atoms with Crippen LogP contribution < -0.4 is 5.32 Å². The van der Waals surface area contributed by atoms with Crippen LogP contribution in [0.15, 0.2) is 24.3 Å². The molecular formula is C19H22N2O2S. The zero-order valence-corrected chi connectivity index (χ0v) is 14.7. The van der Waals surface area contributed by atoms with Crippen molar-refractivity contribution in [2.45, 2.75) is 37.5 Å². The molecule has 1 aliphatic carbocycles. The first-order chi connectivity index (χ1) is 11.7. The fourth-order valence-corrected chi connectivity index (χ4v) is 5.88. The summed E-state index contributed by atoms with van der Waals surface area (Å²) >= 11 is 1.59. The van der Waals surface area contributed by atoms with Gasteiger partial charge in [-0.3, -0.25) is 9.69 Å². The van der Waals surface area contributed by atoms with E-state index < -0.39 is 0 Å². The van der Waals surface area contributed by atoms with Crippen molar-refractivity contribution in [3.63, 3.8) is 0 Å². The second-order valence-corrected chi connectivity index (χ2v) is 8.48. The van der Waals surface area contributed by atoms with E-state index in [0.29, 0.717) is 24.1 Å². The van der Waals surface area contributed by atoms with Gasteiger partial charge in [0.25, 0.3) is 5.91 Å². The van der Waals surface area contributed by atoms with Crippen LogP contribution in [0.3, 0.4) is 0 Å². The monoisotopic (exact) mass is 342 g/mol. The predicted molar refractivity (Wildman–Crippen MR) is 95.4 cm³/mol. The molecular weight excluding hydrogens is 320 g/mol. The van der Waals surface area contributed by atoms with E-state index in [9.17, 15) is 4.79 Å². The second kappa shape index (κ2) is 5.28. The molecule has 5 heteroatoms. The molecule has 1 amide bonds. The van der Waals surface area contributed by atoms with Gasteiger partial charge in [-0.2, -0.15) is 0 Å². The van der Waals surface area contributed by atoms with Crippen LogP contribution in [0.5, 0.6) is 0 Å². The van der Waals surface area contributed by atoms with Gasteiger partial charge in [-0.15, -0.1) is 11.3 Å². The Labute approximate surface area is 145 Å². The van der Waals surface area contributed by atoms with Gasteiger partial charge in [0.05, 0.1) is 17.5 Å². The van der Waals surface area contributed by atoms with Crippen LogP contribution in [0.1, 0.15) is 34.5 Å². The number of amides is 1. The topological polar surface area (TPSA) is 41.6 Å². The van der Waals surface area contributed by atoms with Crippen LogP contribution in [0.2, 0.25) is 0 Å². The van der Waals surface area contributed by atoms with E-state index in [0.717, 1.165) is 15.8 Å². The van der Waals surface area contributed by atoms with E-state index >= 15 is 0 Å². The normalized spacial score (nSPS) is 29.5. The molecule has 1 spiro atoms. The second-order valence-electron chi connectivity index (χ2n) is 7.43. The number of carbonyl (C=O) groups is 1. The first-order valence-corrected chi connectivity index (χ1v) is 9.59. The van der Waals surface area contributed by atoms with Crippen LogP contribution >= 0.6 is 11.3 Å². The molecule has 1 aromatic carbocycles. The molecule has 1 saturated carbocycles. The SMILES string of the molecule is COCc1cccc2cc(C(=O)N[C@@H]3C4CCN(C4)C34CC4)sc12. The number of hydrogen-bond acceptors (Lipinski definition) is 4. The van der Waals surface area contributed by atoms with Crippen LogP contribution in [0, 0.1) is 5.92 Å². The molecule has 126 valence electrons. The summed E-state index contributed by atoms with van der Waals surface area (Å²) in [6.07, 6.45) is 3.73. The van der Waals surface area contributed by atoms with Crippen LogP contribution in [0.25, 0.3) is 10.1 Å². The average Bonchev–Trinajstić information content (AvgIpc) is 2.98. The highest BCUT2D eigenvalue weighted by molar-refractivity contribution is 7.21. The maximum Gasteiger partial charge on any atom is 0.261 e. The smallest absolute Gasteiger partial charge is 0.261 e. The molecule has 3 atom stereocenters.